The summed E-state index contributed by atoms with van der Waals surface area (Å²) in [5, 5.41) is 13.9. The Kier molecular flexibility index (Phi) is 6.24. The topological polar surface area (TPSA) is 70.2 Å². The molecule has 1 atom stereocenters. The third kappa shape index (κ3) is 5.03. The second kappa shape index (κ2) is 9.34. The fraction of sp³-hybridized carbons (Fsp3) is 0.379. The molecule has 0 bridgehead atoms. The molecule has 1 unspecified atom stereocenters. The maximum atomic E-state index is 12.7. The summed E-state index contributed by atoms with van der Waals surface area (Å²) in [7, 11) is 0. The molecule has 1 aliphatic heterocycles. The second-order valence-electron chi connectivity index (χ2n) is 10.5. The van der Waals surface area contributed by atoms with E-state index in [-0.39, 0.29) is 11.4 Å². The molecule has 182 valence electrons. The predicted molar refractivity (Wildman–Crippen MR) is 142 cm³/mol. The van der Waals surface area contributed by atoms with E-state index in [9.17, 15) is 4.79 Å². The smallest absolute Gasteiger partial charge is 0.251 e. The normalized spacial score (nSPS) is 16.7. The van der Waals surface area contributed by atoms with Crippen LogP contribution in [0.2, 0.25) is 0 Å². The lowest BCUT2D eigenvalue weighted by Crippen LogP contribution is -2.40. The van der Waals surface area contributed by atoms with E-state index in [1.54, 1.807) is 0 Å². The first-order valence-corrected chi connectivity index (χ1v) is 12.5. The van der Waals surface area contributed by atoms with E-state index in [0.717, 1.165) is 51.8 Å². The molecule has 1 fully saturated rings. The highest BCUT2D eigenvalue weighted by Gasteiger charge is 2.23. The van der Waals surface area contributed by atoms with Crippen LogP contribution in [-0.4, -0.2) is 52.3 Å². The zero-order chi connectivity index (χ0) is 24.6. The van der Waals surface area contributed by atoms with Gasteiger partial charge in [-0.15, -0.1) is 0 Å². The van der Waals surface area contributed by atoms with Crippen LogP contribution in [0, 0.1) is 0 Å². The van der Waals surface area contributed by atoms with Gasteiger partial charge in [-0.3, -0.25) is 14.8 Å². The lowest BCUT2D eigenvalue weighted by molar-refractivity contribution is 0.0919. The van der Waals surface area contributed by atoms with Crippen molar-refractivity contribution in [3.05, 3.63) is 60.2 Å². The van der Waals surface area contributed by atoms with Crippen LogP contribution >= 0.6 is 0 Å². The standard InChI is InChI=1S/C29H34N4O2/c1-5-33-14-6-7-23(33)18-35-24-12-10-19-15-21(9-8-20(19)16-24)27-25-17-22(11-13-26(25)31-32-27)28(34)30-29(2,3)4/h8-13,15-17,23H,5-7,14,18H2,1-4H3,(H,30,34)(H,31,32). The van der Waals surface area contributed by atoms with E-state index in [0.29, 0.717) is 11.6 Å². The van der Waals surface area contributed by atoms with E-state index < -0.39 is 0 Å². The van der Waals surface area contributed by atoms with Gasteiger partial charge in [0.15, 0.2) is 0 Å². The van der Waals surface area contributed by atoms with Gasteiger partial charge in [0.05, 0.1) is 11.2 Å². The number of likely N-dealkylation sites (tertiary alicyclic amines) is 1. The highest BCUT2D eigenvalue weighted by molar-refractivity contribution is 6.02. The number of nitrogens with one attached hydrogen (secondary N) is 2. The minimum atomic E-state index is -0.293. The average Bonchev–Trinajstić information content (AvgIpc) is 3.47. The number of H-pyrrole nitrogens is 1. The van der Waals surface area contributed by atoms with Gasteiger partial charge in [-0.1, -0.05) is 25.1 Å². The first-order valence-electron chi connectivity index (χ1n) is 12.5. The summed E-state index contributed by atoms with van der Waals surface area (Å²) in [6.45, 7) is 11.2. The molecule has 1 aromatic heterocycles. The van der Waals surface area contributed by atoms with Crippen LogP contribution in [0.4, 0.5) is 0 Å². The first kappa shape index (κ1) is 23.4. The van der Waals surface area contributed by atoms with Gasteiger partial charge in [-0.25, -0.2) is 0 Å². The largest absolute Gasteiger partial charge is 0.492 e. The molecule has 35 heavy (non-hydrogen) atoms. The maximum Gasteiger partial charge on any atom is 0.251 e. The van der Waals surface area contributed by atoms with Crippen molar-refractivity contribution in [3.8, 4) is 17.0 Å². The van der Waals surface area contributed by atoms with E-state index in [1.165, 1.54) is 19.4 Å². The van der Waals surface area contributed by atoms with Crippen LogP contribution in [0.1, 0.15) is 50.9 Å². The number of fused-ring (bicyclic) bond motifs is 2. The van der Waals surface area contributed by atoms with Crippen LogP contribution in [0.25, 0.3) is 32.9 Å². The van der Waals surface area contributed by atoms with Crippen molar-refractivity contribution in [1.29, 1.82) is 0 Å². The quantitative estimate of drug-likeness (QED) is 0.375. The number of carbonyl (C=O) groups is 1. The highest BCUT2D eigenvalue weighted by Crippen LogP contribution is 2.31. The summed E-state index contributed by atoms with van der Waals surface area (Å²) in [5.41, 5.74) is 3.09. The molecule has 0 aliphatic carbocycles. The summed E-state index contributed by atoms with van der Waals surface area (Å²) in [6, 6.07) is 18.8. The molecule has 2 heterocycles. The molecule has 6 heteroatoms. The number of benzene rings is 3. The van der Waals surface area contributed by atoms with Gasteiger partial charge >= 0.3 is 0 Å². The first-order chi connectivity index (χ1) is 16.8. The highest BCUT2D eigenvalue weighted by atomic mass is 16.5. The summed E-state index contributed by atoms with van der Waals surface area (Å²) < 4.78 is 6.16. The Morgan fingerprint density at radius 3 is 2.71 bits per heavy atom. The predicted octanol–water partition coefficient (Wildman–Crippen LogP) is 5.77. The van der Waals surface area contributed by atoms with Crippen LogP contribution in [0.5, 0.6) is 5.75 Å². The lowest BCUT2D eigenvalue weighted by atomic mass is 10.0. The average molecular weight is 471 g/mol. The SMILES string of the molecule is CCN1CCCC1COc1ccc2cc(-c3n[nH]c4ccc(C(=O)NC(C)(C)C)cc34)ccc2c1. The van der Waals surface area contributed by atoms with Crippen LogP contribution in [0.15, 0.2) is 54.6 Å². The molecule has 6 nitrogen and oxygen atoms in total. The van der Waals surface area contributed by atoms with Crippen molar-refractivity contribution in [3.63, 3.8) is 0 Å². The summed E-state index contributed by atoms with van der Waals surface area (Å²) in [4.78, 5) is 15.2. The summed E-state index contributed by atoms with van der Waals surface area (Å²) in [5.74, 6) is 0.824. The number of carbonyl (C=O) groups excluding carboxylic acids is 1. The number of rotatable bonds is 6. The maximum absolute atomic E-state index is 12.7. The number of ether oxygens (including phenoxy) is 1. The third-order valence-electron chi connectivity index (χ3n) is 6.75. The van der Waals surface area contributed by atoms with Gasteiger partial charge in [0.25, 0.3) is 5.91 Å². The molecule has 4 aromatic rings. The molecule has 5 rings (SSSR count). The molecule has 0 spiro atoms. The summed E-state index contributed by atoms with van der Waals surface area (Å²) >= 11 is 0. The van der Waals surface area contributed by atoms with Gasteiger partial charge in [0.2, 0.25) is 0 Å². The fourth-order valence-corrected chi connectivity index (χ4v) is 4.94. The minimum absolute atomic E-state index is 0.0859. The Morgan fingerprint density at radius 2 is 1.91 bits per heavy atom. The Bertz CT molecular complexity index is 1370. The van der Waals surface area contributed by atoms with E-state index >= 15 is 0 Å². The summed E-state index contributed by atoms with van der Waals surface area (Å²) in [6.07, 6.45) is 2.47. The third-order valence-corrected chi connectivity index (χ3v) is 6.75. The van der Waals surface area contributed by atoms with Gasteiger partial charge in [-0.05, 0) is 93.9 Å². The minimum Gasteiger partial charge on any atom is -0.492 e. The molecule has 0 saturated carbocycles. The monoisotopic (exact) mass is 470 g/mol. The Balaban J connectivity index is 1.38. The number of nitrogens with zero attached hydrogens (tertiary/aromatic N) is 2. The van der Waals surface area contributed by atoms with Crippen molar-refractivity contribution in [2.45, 2.75) is 52.1 Å². The number of likely N-dealkylation sites (N-methyl/N-ethyl adjacent to an activating group) is 1. The molecular weight excluding hydrogens is 436 g/mol. The van der Waals surface area contributed by atoms with Gasteiger partial charge in [-0.2, -0.15) is 5.10 Å². The molecule has 1 aliphatic rings. The zero-order valence-corrected chi connectivity index (χ0v) is 21.0. The van der Waals surface area contributed by atoms with Crippen molar-refractivity contribution >= 4 is 27.6 Å². The van der Waals surface area contributed by atoms with Crippen molar-refractivity contribution in [1.82, 2.24) is 20.4 Å². The molecule has 3 aromatic carbocycles. The van der Waals surface area contributed by atoms with Crippen LogP contribution in [-0.2, 0) is 0 Å². The molecule has 1 amide bonds. The molecule has 0 radical (unpaired) electrons. The number of amides is 1. The number of hydrogen-bond acceptors (Lipinski definition) is 4. The lowest BCUT2D eigenvalue weighted by Gasteiger charge is -2.22. The number of hydrogen-bond donors (Lipinski definition) is 2. The van der Waals surface area contributed by atoms with Gasteiger partial charge in [0.1, 0.15) is 12.4 Å². The van der Waals surface area contributed by atoms with Crippen molar-refractivity contribution in [2.24, 2.45) is 0 Å². The Labute approximate surface area is 206 Å². The van der Waals surface area contributed by atoms with Crippen LogP contribution in [0.3, 0.4) is 0 Å². The van der Waals surface area contributed by atoms with Gasteiger partial charge in [0, 0.05) is 28.1 Å². The second-order valence-corrected chi connectivity index (χ2v) is 10.5. The molecular formula is C29H34N4O2. The van der Waals surface area contributed by atoms with Gasteiger partial charge < -0.3 is 10.1 Å². The van der Waals surface area contributed by atoms with Crippen molar-refractivity contribution in [2.75, 3.05) is 19.7 Å². The fourth-order valence-electron chi connectivity index (χ4n) is 4.94. The van der Waals surface area contributed by atoms with Crippen LogP contribution < -0.4 is 10.1 Å². The Hall–Kier alpha value is -3.38. The Morgan fingerprint density at radius 1 is 1.11 bits per heavy atom. The van der Waals surface area contributed by atoms with E-state index in [4.69, 9.17) is 4.74 Å². The zero-order valence-electron chi connectivity index (χ0n) is 21.0. The molecule has 1 saturated heterocycles. The molecule has 2 N–H and O–H groups in total. The van der Waals surface area contributed by atoms with E-state index in [1.807, 2.05) is 39.0 Å². The van der Waals surface area contributed by atoms with Crippen molar-refractivity contribution < 1.29 is 9.53 Å². The number of aromatic amines is 1. The van der Waals surface area contributed by atoms with E-state index in [2.05, 4.69) is 63.7 Å². The number of aromatic nitrogens is 2.